The van der Waals surface area contributed by atoms with Gasteiger partial charge < -0.3 is 10.0 Å². The van der Waals surface area contributed by atoms with Crippen molar-refractivity contribution in [2.24, 2.45) is 0 Å². The SMILES string of the molecule is CN(Cc1ccc(Cl)s1)C(=O)CN(C)C(C)(C)C(=O)O. The molecule has 112 valence electrons. The third kappa shape index (κ3) is 4.19. The van der Waals surface area contributed by atoms with Gasteiger partial charge in [-0.2, -0.15) is 0 Å². The third-order valence-corrected chi connectivity index (χ3v) is 4.51. The third-order valence-electron chi connectivity index (χ3n) is 3.30. The van der Waals surface area contributed by atoms with Crippen molar-refractivity contribution in [3.05, 3.63) is 21.3 Å². The van der Waals surface area contributed by atoms with Crippen LogP contribution in [0.4, 0.5) is 0 Å². The van der Waals surface area contributed by atoms with Gasteiger partial charge in [0, 0.05) is 11.9 Å². The average molecular weight is 319 g/mol. The molecule has 1 rings (SSSR count). The summed E-state index contributed by atoms with van der Waals surface area (Å²) in [7, 11) is 3.32. The molecule has 0 bridgehead atoms. The molecule has 0 aliphatic rings. The van der Waals surface area contributed by atoms with Crippen LogP contribution < -0.4 is 0 Å². The van der Waals surface area contributed by atoms with Crippen LogP contribution in [0, 0.1) is 0 Å². The number of rotatable bonds is 6. The fraction of sp³-hybridized carbons (Fsp3) is 0.538. The van der Waals surface area contributed by atoms with Crippen molar-refractivity contribution in [3.8, 4) is 0 Å². The molecule has 0 saturated heterocycles. The summed E-state index contributed by atoms with van der Waals surface area (Å²) in [5, 5.41) is 9.12. The van der Waals surface area contributed by atoms with Crippen molar-refractivity contribution >= 4 is 34.8 Å². The van der Waals surface area contributed by atoms with E-state index in [2.05, 4.69) is 0 Å². The van der Waals surface area contributed by atoms with Gasteiger partial charge in [-0.3, -0.25) is 14.5 Å². The van der Waals surface area contributed by atoms with E-state index in [9.17, 15) is 9.59 Å². The van der Waals surface area contributed by atoms with Gasteiger partial charge in [0.2, 0.25) is 5.91 Å². The lowest BCUT2D eigenvalue weighted by atomic mass is 10.0. The lowest BCUT2D eigenvalue weighted by molar-refractivity contribution is -0.149. The predicted octanol–water partition coefficient (Wildman–Crippen LogP) is 2.15. The van der Waals surface area contributed by atoms with Gasteiger partial charge in [0.15, 0.2) is 0 Å². The minimum atomic E-state index is -1.08. The van der Waals surface area contributed by atoms with Crippen molar-refractivity contribution in [1.29, 1.82) is 0 Å². The van der Waals surface area contributed by atoms with Crippen LogP contribution in [0.25, 0.3) is 0 Å². The maximum atomic E-state index is 12.1. The number of aliphatic carboxylic acids is 1. The van der Waals surface area contributed by atoms with Crippen LogP contribution in [0.3, 0.4) is 0 Å². The first-order chi connectivity index (χ1) is 9.14. The number of halogens is 1. The highest BCUT2D eigenvalue weighted by molar-refractivity contribution is 7.16. The second-order valence-electron chi connectivity index (χ2n) is 5.18. The molecule has 0 radical (unpaired) electrons. The van der Waals surface area contributed by atoms with E-state index < -0.39 is 11.5 Å². The summed E-state index contributed by atoms with van der Waals surface area (Å²) in [5.74, 6) is -1.09. The van der Waals surface area contributed by atoms with Crippen LogP contribution >= 0.6 is 22.9 Å². The van der Waals surface area contributed by atoms with E-state index in [1.54, 1.807) is 38.9 Å². The molecule has 0 fully saturated rings. The molecule has 0 aliphatic carbocycles. The van der Waals surface area contributed by atoms with Crippen molar-refractivity contribution in [3.63, 3.8) is 0 Å². The molecule has 1 aromatic heterocycles. The molecule has 1 N–H and O–H groups in total. The van der Waals surface area contributed by atoms with Gasteiger partial charge >= 0.3 is 5.97 Å². The number of carboxylic acid groups (broad SMARTS) is 1. The molecule has 0 spiro atoms. The lowest BCUT2D eigenvalue weighted by Gasteiger charge is -2.32. The fourth-order valence-corrected chi connectivity index (χ4v) is 2.58. The molecule has 0 unspecified atom stereocenters. The van der Waals surface area contributed by atoms with E-state index >= 15 is 0 Å². The van der Waals surface area contributed by atoms with E-state index in [0.717, 1.165) is 4.88 Å². The van der Waals surface area contributed by atoms with Crippen LogP contribution in [0.2, 0.25) is 4.34 Å². The number of hydrogen-bond donors (Lipinski definition) is 1. The molecule has 0 atom stereocenters. The minimum absolute atomic E-state index is 0.0505. The van der Waals surface area contributed by atoms with E-state index in [1.165, 1.54) is 16.2 Å². The van der Waals surface area contributed by atoms with Gasteiger partial charge in [-0.1, -0.05) is 11.6 Å². The monoisotopic (exact) mass is 318 g/mol. The van der Waals surface area contributed by atoms with Crippen LogP contribution in [0.15, 0.2) is 12.1 Å². The van der Waals surface area contributed by atoms with Crippen LogP contribution in [0.1, 0.15) is 18.7 Å². The Morgan fingerprint density at radius 1 is 1.35 bits per heavy atom. The Labute approximate surface area is 127 Å². The standard InChI is InChI=1S/C13H19ClN2O3S/c1-13(2,12(18)19)16(4)8-11(17)15(3)7-9-5-6-10(14)20-9/h5-6H,7-8H2,1-4H3,(H,18,19). The number of likely N-dealkylation sites (N-methyl/N-ethyl adjacent to an activating group) is 2. The number of carbonyl (C=O) groups is 2. The topological polar surface area (TPSA) is 60.9 Å². The summed E-state index contributed by atoms with van der Waals surface area (Å²) in [6.45, 7) is 3.66. The molecular weight excluding hydrogens is 300 g/mol. The van der Waals surface area contributed by atoms with E-state index in [-0.39, 0.29) is 12.5 Å². The Morgan fingerprint density at radius 2 is 1.95 bits per heavy atom. The average Bonchev–Trinajstić information content (AvgIpc) is 2.74. The Hall–Kier alpha value is -1.11. The number of nitrogens with zero attached hydrogens (tertiary/aromatic N) is 2. The first-order valence-electron chi connectivity index (χ1n) is 6.07. The van der Waals surface area contributed by atoms with Crippen LogP contribution in [-0.2, 0) is 16.1 Å². The summed E-state index contributed by atoms with van der Waals surface area (Å²) in [6.07, 6.45) is 0. The van der Waals surface area contributed by atoms with Crippen LogP contribution in [0.5, 0.6) is 0 Å². The predicted molar refractivity (Wildman–Crippen MR) is 80.1 cm³/mol. The van der Waals surface area contributed by atoms with Crippen LogP contribution in [-0.4, -0.2) is 53.0 Å². The summed E-state index contributed by atoms with van der Waals surface area (Å²) in [6, 6.07) is 3.67. The highest BCUT2D eigenvalue weighted by Gasteiger charge is 2.33. The van der Waals surface area contributed by atoms with E-state index in [4.69, 9.17) is 16.7 Å². The van der Waals surface area contributed by atoms with Crippen molar-refractivity contribution in [2.75, 3.05) is 20.6 Å². The number of carboxylic acids is 1. The number of amides is 1. The molecule has 0 aliphatic heterocycles. The van der Waals surface area contributed by atoms with Gasteiger partial charge in [-0.05, 0) is 33.0 Å². The molecule has 7 heteroatoms. The molecule has 0 aromatic carbocycles. The molecule has 1 aromatic rings. The van der Waals surface area contributed by atoms with Gasteiger partial charge in [0.1, 0.15) is 5.54 Å². The Bertz CT molecular complexity index is 502. The number of carbonyl (C=O) groups excluding carboxylic acids is 1. The highest BCUT2D eigenvalue weighted by Crippen LogP contribution is 2.22. The Morgan fingerprint density at radius 3 is 2.40 bits per heavy atom. The molecular formula is C13H19ClN2O3S. The summed E-state index contributed by atoms with van der Waals surface area (Å²) >= 11 is 7.27. The Kier molecular flexibility index (Phi) is 5.56. The molecule has 1 heterocycles. The second-order valence-corrected chi connectivity index (χ2v) is 6.98. The second kappa shape index (κ2) is 6.56. The smallest absolute Gasteiger partial charge is 0.323 e. The van der Waals surface area contributed by atoms with Crippen molar-refractivity contribution in [1.82, 2.24) is 9.80 Å². The minimum Gasteiger partial charge on any atom is -0.480 e. The summed E-state index contributed by atoms with van der Waals surface area (Å²) in [4.78, 5) is 27.3. The zero-order chi connectivity index (χ0) is 15.5. The summed E-state index contributed by atoms with van der Waals surface area (Å²) < 4.78 is 0.685. The van der Waals surface area contributed by atoms with Gasteiger partial charge in [-0.15, -0.1) is 11.3 Å². The molecule has 1 amide bonds. The van der Waals surface area contributed by atoms with Crippen molar-refractivity contribution < 1.29 is 14.7 Å². The largest absolute Gasteiger partial charge is 0.480 e. The van der Waals surface area contributed by atoms with Crippen molar-refractivity contribution in [2.45, 2.75) is 25.9 Å². The lowest BCUT2D eigenvalue weighted by Crippen LogP contribution is -2.51. The normalized spacial score (nSPS) is 11.7. The maximum absolute atomic E-state index is 12.1. The quantitative estimate of drug-likeness (QED) is 0.873. The van der Waals surface area contributed by atoms with E-state index in [1.807, 2.05) is 6.07 Å². The van der Waals surface area contributed by atoms with Gasteiger partial charge in [0.25, 0.3) is 0 Å². The Balaban J connectivity index is 2.60. The molecule has 20 heavy (non-hydrogen) atoms. The first-order valence-corrected chi connectivity index (χ1v) is 7.27. The number of hydrogen-bond acceptors (Lipinski definition) is 4. The maximum Gasteiger partial charge on any atom is 0.323 e. The zero-order valence-electron chi connectivity index (χ0n) is 12.0. The number of thiophene rings is 1. The first kappa shape index (κ1) is 16.9. The van der Waals surface area contributed by atoms with Gasteiger partial charge in [0.05, 0.1) is 17.4 Å². The zero-order valence-corrected chi connectivity index (χ0v) is 13.6. The summed E-state index contributed by atoms with van der Waals surface area (Å²) in [5.41, 5.74) is -1.08. The fourth-order valence-electron chi connectivity index (χ4n) is 1.44. The van der Waals surface area contributed by atoms with Gasteiger partial charge in [-0.25, -0.2) is 0 Å². The highest BCUT2D eigenvalue weighted by atomic mass is 35.5. The molecule has 5 nitrogen and oxygen atoms in total. The molecule has 0 saturated carbocycles. The van der Waals surface area contributed by atoms with E-state index in [0.29, 0.717) is 10.9 Å².